The molecule has 0 unspecified atom stereocenters. The van der Waals surface area contributed by atoms with E-state index in [4.69, 9.17) is 34.8 Å². The predicted molar refractivity (Wildman–Crippen MR) is 124 cm³/mol. The molecule has 3 aromatic rings. The molecule has 0 aliphatic carbocycles. The van der Waals surface area contributed by atoms with Gasteiger partial charge in [-0.2, -0.15) is 5.10 Å². The van der Waals surface area contributed by atoms with Crippen LogP contribution in [0.4, 0.5) is 0 Å². The van der Waals surface area contributed by atoms with Crippen molar-refractivity contribution in [3.05, 3.63) is 68.8 Å². The van der Waals surface area contributed by atoms with Gasteiger partial charge in [0.2, 0.25) is 0 Å². The van der Waals surface area contributed by atoms with Gasteiger partial charge in [0.05, 0.1) is 16.4 Å². The van der Waals surface area contributed by atoms with Gasteiger partial charge in [0.25, 0.3) is 5.91 Å². The van der Waals surface area contributed by atoms with E-state index in [1.54, 1.807) is 35.0 Å². The van der Waals surface area contributed by atoms with Gasteiger partial charge >= 0.3 is 0 Å². The second kappa shape index (κ2) is 9.84. The van der Waals surface area contributed by atoms with Crippen LogP contribution in [-0.4, -0.2) is 47.8 Å². The van der Waals surface area contributed by atoms with Crippen molar-refractivity contribution in [3.8, 4) is 16.9 Å². The molecule has 1 amide bonds. The van der Waals surface area contributed by atoms with Crippen LogP contribution in [0.25, 0.3) is 16.9 Å². The Balaban J connectivity index is 2.03. The van der Waals surface area contributed by atoms with Crippen molar-refractivity contribution >= 4 is 40.7 Å². The van der Waals surface area contributed by atoms with Gasteiger partial charge < -0.3 is 10.2 Å². The molecule has 1 N–H and O–H groups in total. The Morgan fingerprint density at radius 1 is 1.07 bits per heavy atom. The summed E-state index contributed by atoms with van der Waals surface area (Å²) >= 11 is 18.6. The second-order valence-corrected chi connectivity index (χ2v) is 8.53. The third-order valence-corrected chi connectivity index (χ3v) is 5.45. The van der Waals surface area contributed by atoms with Crippen LogP contribution >= 0.6 is 34.8 Å². The number of amides is 1. The van der Waals surface area contributed by atoms with E-state index >= 15 is 0 Å². The number of nitrogens with one attached hydrogen (secondary N) is 1. The van der Waals surface area contributed by atoms with E-state index < -0.39 is 0 Å². The largest absolute Gasteiger partial charge is 0.351 e. The topological polar surface area (TPSA) is 50.2 Å². The zero-order chi connectivity index (χ0) is 21.8. The molecule has 0 spiro atoms. The summed E-state index contributed by atoms with van der Waals surface area (Å²) in [6.07, 6.45) is 0.853. The third-order valence-electron chi connectivity index (χ3n) is 4.66. The fourth-order valence-electron chi connectivity index (χ4n) is 3.17. The number of rotatable bonds is 7. The summed E-state index contributed by atoms with van der Waals surface area (Å²) < 4.78 is 1.69. The molecule has 0 bridgehead atoms. The molecule has 158 valence electrons. The molecule has 8 heteroatoms. The number of aromatic nitrogens is 2. The SMILES string of the molecule is Cc1c(C(=O)NCCCN(C)C)nn(-c2ccc(Cl)cc2Cl)c1-c1ccc(Cl)cc1. The smallest absolute Gasteiger partial charge is 0.272 e. The predicted octanol–water partition coefficient (Wildman–Crippen LogP) is 5.49. The van der Waals surface area contributed by atoms with Crippen molar-refractivity contribution in [2.75, 3.05) is 27.2 Å². The van der Waals surface area contributed by atoms with Gasteiger partial charge in [0.1, 0.15) is 0 Å². The number of hydrogen-bond donors (Lipinski definition) is 1. The third kappa shape index (κ3) is 5.16. The first kappa shape index (κ1) is 22.6. The van der Waals surface area contributed by atoms with Crippen LogP contribution in [0.2, 0.25) is 15.1 Å². The van der Waals surface area contributed by atoms with Gasteiger partial charge in [0, 0.05) is 27.7 Å². The summed E-state index contributed by atoms with van der Waals surface area (Å²) in [5.41, 5.74) is 3.40. The maximum atomic E-state index is 12.9. The molecule has 0 saturated carbocycles. The van der Waals surface area contributed by atoms with Crippen LogP contribution in [0, 0.1) is 6.92 Å². The molecular weight excluding hydrogens is 443 g/mol. The Bertz CT molecular complexity index is 1050. The summed E-state index contributed by atoms with van der Waals surface area (Å²) in [5.74, 6) is -0.217. The monoisotopic (exact) mass is 464 g/mol. The van der Waals surface area contributed by atoms with Crippen molar-refractivity contribution in [3.63, 3.8) is 0 Å². The van der Waals surface area contributed by atoms with Crippen molar-refractivity contribution in [1.82, 2.24) is 20.0 Å². The second-order valence-electron chi connectivity index (χ2n) is 7.25. The minimum atomic E-state index is -0.217. The average Bonchev–Trinajstić information content (AvgIpc) is 3.02. The normalized spacial score (nSPS) is 11.2. The molecule has 0 saturated heterocycles. The quantitative estimate of drug-likeness (QED) is 0.469. The first-order chi connectivity index (χ1) is 14.3. The summed E-state index contributed by atoms with van der Waals surface area (Å²) in [4.78, 5) is 14.9. The zero-order valence-corrected chi connectivity index (χ0v) is 19.3. The van der Waals surface area contributed by atoms with Crippen LogP contribution in [0.15, 0.2) is 42.5 Å². The zero-order valence-electron chi connectivity index (χ0n) is 17.0. The highest BCUT2D eigenvalue weighted by Gasteiger charge is 2.23. The molecule has 3 rings (SSSR count). The van der Waals surface area contributed by atoms with Crippen LogP contribution in [0.1, 0.15) is 22.5 Å². The van der Waals surface area contributed by atoms with Crippen LogP contribution in [0.3, 0.4) is 0 Å². The average molecular weight is 466 g/mol. The number of carbonyl (C=O) groups excluding carboxylic acids is 1. The van der Waals surface area contributed by atoms with E-state index in [1.807, 2.05) is 33.2 Å². The molecule has 0 atom stereocenters. The van der Waals surface area contributed by atoms with Crippen molar-refractivity contribution in [2.45, 2.75) is 13.3 Å². The Labute approximate surface area is 191 Å². The van der Waals surface area contributed by atoms with Crippen LogP contribution < -0.4 is 5.32 Å². The number of hydrogen-bond acceptors (Lipinski definition) is 3. The van der Waals surface area contributed by atoms with Gasteiger partial charge in [0.15, 0.2) is 5.69 Å². The molecule has 30 heavy (non-hydrogen) atoms. The fraction of sp³-hybridized carbons (Fsp3) is 0.273. The Morgan fingerprint density at radius 3 is 2.37 bits per heavy atom. The first-order valence-electron chi connectivity index (χ1n) is 9.52. The molecule has 0 radical (unpaired) electrons. The number of benzene rings is 2. The molecule has 1 heterocycles. The van der Waals surface area contributed by atoms with Crippen LogP contribution in [0.5, 0.6) is 0 Å². The highest BCUT2D eigenvalue weighted by molar-refractivity contribution is 6.35. The minimum Gasteiger partial charge on any atom is -0.351 e. The lowest BCUT2D eigenvalue weighted by atomic mass is 10.1. The molecule has 0 aliphatic heterocycles. The van der Waals surface area contributed by atoms with E-state index in [9.17, 15) is 4.79 Å². The van der Waals surface area contributed by atoms with Crippen molar-refractivity contribution in [1.29, 1.82) is 0 Å². The van der Waals surface area contributed by atoms with Gasteiger partial charge in [-0.3, -0.25) is 4.79 Å². The summed E-state index contributed by atoms with van der Waals surface area (Å²) in [6.45, 7) is 3.34. The maximum absolute atomic E-state index is 12.9. The van der Waals surface area contributed by atoms with Crippen LogP contribution in [-0.2, 0) is 0 Å². The van der Waals surface area contributed by atoms with E-state index in [2.05, 4.69) is 15.3 Å². The van der Waals surface area contributed by atoms with Gasteiger partial charge in [-0.05, 0) is 64.3 Å². The Morgan fingerprint density at radius 2 is 1.73 bits per heavy atom. The first-order valence-corrected chi connectivity index (χ1v) is 10.6. The fourth-order valence-corrected chi connectivity index (χ4v) is 3.78. The molecule has 0 fully saturated rings. The number of nitrogens with zero attached hydrogens (tertiary/aromatic N) is 3. The van der Waals surface area contributed by atoms with Gasteiger partial charge in [-0.25, -0.2) is 4.68 Å². The number of carbonyl (C=O) groups is 1. The highest BCUT2D eigenvalue weighted by atomic mass is 35.5. The lowest BCUT2D eigenvalue weighted by molar-refractivity contribution is 0.0946. The summed E-state index contributed by atoms with van der Waals surface area (Å²) in [7, 11) is 4.00. The number of halogens is 3. The molecule has 2 aromatic carbocycles. The van der Waals surface area contributed by atoms with E-state index in [0.717, 1.165) is 29.8 Å². The van der Waals surface area contributed by atoms with Crippen molar-refractivity contribution < 1.29 is 4.79 Å². The summed E-state index contributed by atoms with van der Waals surface area (Å²) in [6, 6.07) is 12.6. The van der Waals surface area contributed by atoms with Gasteiger partial charge in [-0.15, -0.1) is 0 Å². The minimum absolute atomic E-state index is 0.217. The van der Waals surface area contributed by atoms with Gasteiger partial charge in [-0.1, -0.05) is 46.9 Å². The lowest BCUT2D eigenvalue weighted by Gasteiger charge is -2.11. The standard InChI is InChI=1S/C22H23Cl3N4O/c1-14-20(22(30)26-11-4-12-28(2)3)27-29(19-10-9-17(24)13-18(19)25)21(14)15-5-7-16(23)8-6-15/h5-10,13H,4,11-12H2,1-3H3,(H,26,30). The molecule has 5 nitrogen and oxygen atoms in total. The van der Waals surface area contributed by atoms with E-state index in [-0.39, 0.29) is 5.91 Å². The molecule has 0 aliphatic rings. The van der Waals surface area contributed by atoms with E-state index in [0.29, 0.717) is 33.0 Å². The highest BCUT2D eigenvalue weighted by Crippen LogP contribution is 2.33. The maximum Gasteiger partial charge on any atom is 0.272 e. The lowest BCUT2D eigenvalue weighted by Crippen LogP contribution is -2.28. The summed E-state index contributed by atoms with van der Waals surface area (Å²) in [5, 5.41) is 9.17. The molecular formula is C22H23Cl3N4O. The van der Waals surface area contributed by atoms with E-state index in [1.165, 1.54) is 0 Å². The Kier molecular flexibility index (Phi) is 7.42. The molecule has 1 aromatic heterocycles. The van der Waals surface area contributed by atoms with Crippen molar-refractivity contribution in [2.24, 2.45) is 0 Å². The Hall–Kier alpha value is -2.05.